The van der Waals surface area contributed by atoms with Gasteiger partial charge in [-0.15, -0.1) is 0 Å². The van der Waals surface area contributed by atoms with E-state index >= 15 is 0 Å². The summed E-state index contributed by atoms with van der Waals surface area (Å²) in [5, 5.41) is -0.185. The summed E-state index contributed by atoms with van der Waals surface area (Å²) in [5.41, 5.74) is -0.548. The predicted molar refractivity (Wildman–Crippen MR) is 92.0 cm³/mol. The van der Waals surface area contributed by atoms with Crippen LogP contribution >= 0.6 is 0 Å². The van der Waals surface area contributed by atoms with Crippen LogP contribution in [-0.4, -0.2) is 67.7 Å². The monoisotopic (exact) mass is 358 g/mol. The summed E-state index contributed by atoms with van der Waals surface area (Å²) in [5.74, 6) is -0.112. The van der Waals surface area contributed by atoms with Crippen LogP contribution in [0.25, 0.3) is 0 Å². The first-order valence-electron chi connectivity index (χ1n) is 9.21. The minimum atomic E-state index is -3.19. The largest absolute Gasteiger partial charge is 0.466 e. The fourth-order valence-electron chi connectivity index (χ4n) is 4.25. The third-order valence-corrected chi connectivity index (χ3v) is 8.26. The van der Waals surface area contributed by atoms with E-state index in [0.29, 0.717) is 32.3 Å². The highest BCUT2D eigenvalue weighted by Gasteiger charge is 2.56. The summed E-state index contributed by atoms with van der Waals surface area (Å²) in [4.78, 5) is 15.1. The lowest BCUT2D eigenvalue weighted by Crippen LogP contribution is -2.44. The van der Waals surface area contributed by atoms with Gasteiger partial charge in [-0.25, -0.2) is 12.7 Å². The van der Waals surface area contributed by atoms with Gasteiger partial charge >= 0.3 is 5.97 Å². The van der Waals surface area contributed by atoms with Crippen molar-refractivity contribution in [2.24, 2.45) is 11.3 Å². The van der Waals surface area contributed by atoms with Crippen molar-refractivity contribution in [3.63, 3.8) is 0 Å². The van der Waals surface area contributed by atoms with Crippen molar-refractivity contribution < 1.29 is 17.9 Å². The zero-order valence-electron chi connectivity index (χ0n) is 15.0. The lowest BCUT2D eigenvalue weighted by Gasteiger charge is -2.31. The minimum absolute atomic E-state index is 0.0231. The Morgan fingerprint density at radius 3 is 2.58 bits per heavy atom. The van der Waals surface area contributed by atoms with E-state index in [-0.39, 0.29) is 17.1 Å². The van der Waals surface area contributed by atoms with E-state index in [0.717, 1.165) is 32.2 Å². The molecule has 1 saturated carbocycles. The molecule has 1 aliphatic carbocycles. The molecule has 0 aromatic rings. The maximum Gasteiger partial charge on any atom is 0.313 e. The number of ether oxygens (including phenoxy) is 1. The molecule has 3 aliphatic rings. The molecule has 0 aromatic heterocycles. The van der Waals surface area contributed by atoms with E-state index in [1.54, 1.807) is 4.31 Å². The number of fused-ring (bicyclic) bond motifs is 1. The second kappa shape index (κ2) is 6.57. The van der Waals surface area contributed by atoms with E-state index < -0.39 is 15.4 Å². The minimum Gasteiger partial charge on any atom is -0.466 e. The van der Waals surface area contributed by atoms with Gasteiger partial charge in [0.1, 0.15) is 0 Å². The van der Waals surface area contributed by atoms with Gasteiger partial charge in [0.05, 0.1) is 17.3 Å². The summed E-state index contributed by atoms with van der Waals surface area (Å²) in [6.45, 7) is 8.92. The quantitative estimate of drug-likeness (QED) is 0.696. The van der Waals surface area contributed by atoms with E-state index in [2.05, 4.69) is 18.7 Å². The zero-order chi connectivity index (χ0) is 17.5. The summed E-state index contributed by atoms with van der Waals surface area (Å²) in [6.07, 6.45) is 3.01. The average Bonchev–Trinajstić information content (AvgIpc) is 3.32. The van der Waals surface area contributed by atoms with Crippen LogP contribution < -0.4 is 0 Å². The summed E-state index contributed by atoms with van der Waals surface area (Å²) in [7, 11) is -3.19. The molecule has 0 aromatic carbocycles. The van der Waals surface area contributed by atoms with Crippen LogP contribution in [0.3, 0.4) is 0 Å². The van der Waals surface area contributed by atoms with Crippen molar-refractivity contribution in [1.82, 2.24) is 9.21 Å². The van der Waals surface area contributed by atoms with Gasteiger partial charge < -0.3 is 4.74 Å². The van der Waals surface area contributed by atoms with Crippen LogP contribution in [0.15, 0.2) is 0 Å². The van der Waals surface area contributed by atoms with Gasteiger partial charge in [-0.3, -0.25) is 9.69 Å². The Hall–Kier alpha value is -0.660. The number of sulfonamides is 1. The number of rotatable bonds is 5. The summed E-state index contributed by atoms with van der Waals surface area (Å²) < 4.78 is 32.5. The first-order valence-corrected chi connectivity index (χ1v) is 10.7. The normalized spacial score (nSPS) is 32.6. The number of carbonyl (C=O) groups is 1. The molecule has 7 heteroatoms. The van der Waals surface area contributed by atoms with Crippen molar-refractivity contribution in [2.45, 2.75) is 57.7 Å². The van der Waals surface area contributed by atoms with Crippen LogP contribution in [0.2, 0.25) is 0 Å². The number of nitrogens with zero attached hydrogens (tertiary/aromatic N) is 2. The molecule has 0 radical (unpaired) electrons. The van der Waals surface area contributed by atoms with E-state index in [1.165, 1.54) is 0 Å². The van der Waals surface area contributed by atoms with Crippen LogP contribution in [0, 0.1) is 11.3 Å². The van der Waals surface area contributed by atoms with E-state index in [4.69, 9.17) is 4.74 Å². The number of carbonyl (C=O) groups excluding carboxylic acids is 1. The van der Waals surface area contributed by atoms with Crippen molar-refractivity contribution in [1.29, 1.82) is 0 Å². The number of likely N-dealkylation sites (tertiary alicyclic amines) is 1. The number of hydrogen-bond acceptors (Lipinski definition) is 5. The molecule has 0 bridgehead atoms. The molecule has 6 nitrogen and oxygen atoms in total. The molecule has 3 fully saturated rings. The lowest BCUT2D eigenvalue weighted by atomic mass is 9.75. The summed E-state index contributed by atoms with van der Waals surface area (Å²) in [6, 6.07) is 0.344. The van der Waals surface area contributed by atoms with Crippen LogP contribution in [-0.2, 0) is 19.6 Å². The van der Waals surface area contributed by atoms with Gasteiger partial charge in [0.25, 0.3) is 0 Å². The molecule has 138 valence electrons. The zero-order valence-corrected chi connectivity index (χ0v) is 15.8. The second-order valence-corrected chi connectivity index (χ2v) is 10.0. The van der Waals surface area contributed by atoms with Crippen molar-refractivity contribution in [3.05, 3.63) is 0 Å². The van der Waals surface area contributed by atoms with Crippen LogP contribution in [0.4, 0.5) is 0 Å². The molecule has 2 atom stereocenters. The lowest BCUT2D eigenvalue weighted by molar-refractivity contribution is -0.157. The molecule has 0 spiro atoms. The van der Waals surface area contributed by atoms with Gasteiger partial charge in [0, 0.05) is 38.1 Å². The topological polar surface area (TPSA) is 66.9 Å². The highest BCUT2D eigenvalue weighted by atomic mass is 32.2. The van der Waals surface area contributed by atoms with E-state index in [9.17, 15) is 13.2 Å². The highest BCUT2D eigenvalue weighted by molar-refractivity contribution is 7.90. The van der Waals surface area contributed by atoms with Gasteiger partial charge in [-0.2, -0.15) is 0 Å². The fraction of sp³-hybridized carbons (Fsp3) is 0.941. The molecule has 0 N–H and O–H groups in total. The number of esters is 1. The Morgan fingerprint density at radius 2 is 2.00 bits per heavy atom. The first kappa shape index (κ1) is 18.1. The van der Waals surface area contributed by atoms with Gasteiger partial charge in [-0.05, 0) is 46.5 Å². The van der Waals surface area contributed by atoms with E-state index in [1.807, 2.05) is 6.92 Å². The highest BCUT2D eigenvalue weighted by Crippen LogP contribution is 2.45. The molecule has 24 heavy (non-hydrogen) atoms. The third kappa shape index (κ3) is 3.10. The molecule has 2 saturated heterocycles. The van der Waals surface area contributed by atoms with Crippen LogP contribution in [0.1, 0.15) is 46.5 Å². The second-order valence-electron chi connectivity index (χ2n) is 7.80. The fourth-order valence-corrected chi connectivity index (χ4v) is 6.17. The number of hydrogen-bond donors (Lipinski definition) is 0. The molecule has 0 amide bonds. The van der Waals surface area contributed by atoms with Crippen LogP contribution in [0.5, 0.6) is 0 Å². The SMILES string of the molecule is CCOC(=O)[C@]12CCCN(S(=O)(=O)C3CC3)C[C@H]1CN(C(C)C)C2. The average molecular weight is 359 g/mol. The van der Waals surface area contributed by atoms with Gasteiger partial charge in [-0.1, -0.05) is 0 Å². The Balaban J connectivity index is 1.87. The molecule has 2 aliphatic heterocycles. The van der Waals surface area contributed by atoms with Crippen molar-refractivity contribution >= 4 is 16.0 Å². The molecule has 2 heterocycles. The Labute approximate surface area is 145 Å². The Morgan fingerprint density at radius 1 is 1.29 bits per heavy atom. The summed E-state index contributed by atoms with van der Waals surface area (Å²) >= 11 is 0. The Kier molecular flexibility index (Phi) is 4.97. The predicted octanol–water partition coefficient (Wildman–Crippen LogP) is 1.46. The Bertz CT molecular complexity index is 587. The standard InChI is InChI=1S/C17H30N2O4S/c1-4-23-16(20)17-8-5-9-19(24(21,22)15-6-7-15)11-14(17)10-18(12-17)13(2)3/h13-15H,4-12H2,1-3H3/t14-,17+/m1/s1. The van der Waals surface area contributed by atoms with Crippen molar-refractivity contribution in [2.75, 3.05) is 32.8 Å². The van der Waals surface area contributed by atoms with Crippen molar-refractivity contribution in [3.8, 4) is 0 Å². The molecular formula is C17H30N2O4S. The smallest absolute Gasteiger partial charge is 0.313 e. The third-order valence-electron chi connectivity index (χ3n) is 5.89. The van der Waals surface area contributed by atoms with Gasteiger partial charge in [0.15, 0.2) is 0 Å². The molecule has 3 rings (SSSR count). The molecular weight excluding hydrogens is 328 g/mol. The first-order chi connectivity index (χ1) is 11.3. The van der Waals surface area contributed by atoms with Gasteiger partial charge in [0.2, 0.25) is 10.0 Å². The molecule has 0 unspecified atom stereocenters. The maximum absolute atomic E-state index is 12.8. The maximum atomic E-state index is 12.8.